The van der Waals surface area contributed by atoms with Gasteiger partial charge in [0.15, 0.2) is 0 Å². The van der Waals surface area contributed by atoms with Gasteiger partial charge in [0, 0.05) is 20.6 Å². The molecular formula is C13H22N2O4. The molecule has 0 aromatic carbocycles. The molecule has 1 rings (SSSR count). The van der Waals surface area contributed by atoms with Crippen molar-refractivity contribution in [2.75, 3.05) is 20.6 Å². The van der Waals surface area contributed by atoms with Crippen LogP contribution in [0.4, 0.5) is 0 Å². The Hall–Kier alpha value is -1.59. The summed E-state index contributed by atoms with van der Waals surface area (Å²) in [6.45, 7) is 5.58. The van der Waals surface area contributed by atoms with E-state index >= 15 is 0 Å². The van der Waals surface area contributed by atoms with Crippen LogP contribution < -0.4 is 5.32 Å². The maximum atomic E-state index is 12.2. The molecule has 6 heteroatoms. The summed E-state index contributed by atoms with van der Waals surface area (Å²) in [5, 5.41) is 11.6. The van der Waals surface area contributed by atoms with Gasteiger partial charge in [-0.1, -0.05) is 20.8 Å². The zero-order chi connectivity index (χ0) is 15.0. The fourth-order valence-electron chi connectivity index (χ4n) is 2.63. The third-order valence-electron chi connectivity index (χ3n) is 3.98. The van der Waals surface area contributed by atoms with Crippen LogP contribution in [-0.2, 0) is 14.4 Å². The van der Waals surface area contributed by atoms with Gasteiger partial charge in [0.2, 0.25) is 11.8 Å². The number of nitrogens with zero attached hydrogens (tertiary/aromatic N) is 1. The second-order valence-electron chi connectivity index (χ2n) is 5.85. The molecule has 0 aliphatic heterocycles. The van der Waals surface area contributed by atoms with Crippen LogP contribution in [0.1, 0.15) is 20.8 Å². The van der Waals surface area contributed by atoms with E-state index in [1.165, 1.54) is 4.90 Å². The summed E-state index contributed by atoms with van der Waals surface area (Å²) in [5.74, 6) is -2.71. The molecule has 0 aromatic rings. The lowest BCUT2D eigenvalue weighted by molar-refractivity contribution is -0.142. The van der Waals surface area contributed by atoms with Gasteiger partial charge in [-0.05, 0) is 5.41 Å². The van der Waals surface area contributed by atoms with Crippen molar-refractivity contribution in [3.05, 3.63) is 0 Å². The number of nitrogens with one attached hydrogen (secondary N) is 1. The largest absolute Gasteiger partial charge is 0.481 e. The average molecular weight is 270 g/mol. The monoisotopic (exact) mass is 270 g/mol. The maximum Gasteiger partial charge on any atom is 0.307 e. The van der Waals surface area contributed by atoms with Crippen molar-refractivity contribution in [1.29, 1.82) is 0 Å². The van der Waals surface area contributed by atoms with E-state index in [9.17, 15) is 14.4 Å². The van der Waals surface area contributed by atoms with Gasteiger partial charge in [0.25, 0.3) is 0 Å². The molecule has 0 radical (unpaired) electrons. The van der Waals surface area contributed by atoms with E-state index < -0.39 is 23.2 Å². The minimum Gasteiger partial charge on any atom is -0.481 e. The number of aliphatic carboxylic acids is 1. The molecule has 1 aliphatic carbocycles. The molecule has 0 saturated heterocycles. The SMILES string of the molecule is CNC(=O)C(C)CN(C)C(=O)[C@H]1[C@@H](C(=O)O)C1(C)C. The lowest BCUT2D eigenvalue weighted by atomic mass is 10.1. The van der Waals surface area contributed by atoms with Gasteiger partial charge in [-0.3, -0.25) is 14.4 Å². The van der Waals surface area contributed by atoms with Crippen LogP contribution in [-0.4, -0.2) is 48.4 Å². The summed E-state index contributed by atoms with van der Waals surface area (Å²) in [5.41, 5.74) is -0.507. The lowest BCUT2D eigenvalue weighted by Crippen LogP contribution is -2.38. The van der Waals surface area contributed by atoms with Crippen molar-refractivity contribution in [1.82, 2.24) is 10.2 Å². The molecule has 3 atom stereocenters. The predicted molar refractivity (Wildman–Crippen MR) is 69.3 cm³/mol. The Kier molecular flexibility index (Phi) is 4.22. The number of amides is 2. The quantitative estimate of drug-likeness (QED) is 0.746. The first-order valence-electron chi connectivity index (χ1n) is 6.34. The van der Waals surface area contributed by atoms with Crippen molar-refractivity contribution < 1.29 is 19.5 Å². The topological polar surface area (TPSA) is 86.7 Å². The molecule has 1 fully saturated rings. The Balaban J connectivity index is 2.65. The minimum absolute atomic E-state index is 0.135. The normalized spacial score (nSPS) is 25.3. The van der Waals surface area contributed by atoms with Crippen molar-refractivity contribution in [2.24, 2.45) is 23.2 Å². The summed E-state index contributed by atoms with van der Waals surface area (Å²) in [6.07, 6.45) is 0. The molecule has 19 heavy (non-hydrogen) atoms. The molecule has 0 aromatic heterocycles. The van der Waals surface area contributed by atoms with Crippen LogP contribution in [0.3, 0.4) is 0 Å². The summed E-state index contributed by atoms with van der Waals surface area (Å²) < 4.78 is 0. The van der Waals surface area contributed by atoms with E-state index in [1.807, 2.05) is 0 Å². The first-order valence-corrected chi connectivity index (χ1v) is 6.34. The number of hydrogen-bond donors (Lipinski definition) is 2. The van der Waals surface area contributed by atoms with E-state index in [0.717, 1.165) is 0 Å². The third-order valence-corrected chi connectivity index (χ3v) is 3.98. The van der Waals surface area contributed by atoms with Crippen LogP contribution in [0.5, 0.6) is 0 Å². The first-order chi connectivity index (χ1) is 8.64. The number of rotatable bonds is 5. The second kappa shape index (κ2) is 5.19. The Morgan fingerprint density at radius 3 is 2.21 bits per heavy atom. The maximum absolute atomic E-state index is 12.2. The Morgan fingerprint density at radius 1 is 1.32 bits per heavy atom. The van der Waals surface area contributed by atoms with Crippen LogP contribution >= 0.6 is 0 Å². The number of carboxylic acids is 1. The van der Waals surface area contributed by atoms with E-state index in [4.69, 9.17) is 5.11 Å². The molecule has 1 aliphatic rings. The van der Waals surface area contributed by atoms with Gasteiger partial charge in [-0.25, -0.2) is 0 Å². The van der Waals surface area contributed by atoms with Crippen molar-refractivity contribution >= 4 is 17.8 Å². The van der Waals surface area contributed by atoms with Gasteiger partial charge in [-0.2, -0.15) is 0 Å². The van der Waals surface area contributed by atoms with E-state index in [1.54, 1.807) is 34.9 Å². The van der Waals surface area contributed by atoms with Crippen LogP contribution in [0.2, 0.25) is 0 Å². The van der Waals surface area contributed by atoms with E-state index in [2.05, 4.69) is 5.32 Å². The second-order valence-corrected chi connectivity index (χ2v) is 5.85. The standard InChI is InChI=1S/C13H22N2O4/c1-7(10(16)14-4)6-15(5)11(17)8-9(12(18)19)13(8,2)3/h7-9H,6H2,1-5H3,(H,14,16)(H,18,19)/t7?,8-,9+/m1/s1. The zero-order valence-corrected chi connectivity index (χ0v) is 12.1. The van der Waals surface area contributed by atoms with Gasteiger partial charge >= 0.3 is 5.97 Å². The Bertz CT molecular complexity index is 405. The average Bonchev–Trinajstić information content (AvgIpc) is 2.90. The molecule has 6 nitrogen and oxygen atoms in total. The van der Waals surface area contributed by atoms with Crippen molar-refractivity contribution in [2.45, 2.75) is 20.8 Å². The fourth-order valence-corrected chi connectivity index (χ4v) is 2.63. The Morgan fingerprint density at radius 2 is 1.84 bits per heavy atom. The molecule has 1 unspecified atom stereocenters. The van der Waals surface area contributed by atoms with Crippen LogP contribution in [0.15, 0.2) is 0 Å². The summed E-state index contributed by atoms with van der Waals surface area (Å²) in [6, 6.07) is 0. The molecule has 1 saturated carbocycles. The lowest BCUT2D eigenvalue weighted by Gasteiger charge is -2.21. The summed E-state index contributed by atoms with van der Waals surface area (Å²) in [7, 11) is 3.15. The Labute approximate surface area is 113 Å². The predicted octanol–water partition coefficient (Wildman–Crippen LogP) is 0.184. The van der Waals surface area contributed by atoms with Gasteiger partial charge in [0.1, 0.15) is 0 Å². The highest BCUT2D eigenvalue weighted by molar-refractivity contribution is 5.91. The van der Waals surface area contributed by atoms with Crippen LogP contribution in [0, 0.1) is 23.2 Å². The number of hydrogen-bond acceptors (Lipinski definition) is 3. The highest BCUT2D eigenvalue weighted by Gasteiger charge is 2.66. The first kappa shape index (κ1) is 15.5. The molecule has 2 N–H and O–H groups in total. The third kappa shape index (κ3) is 2.88. The van der Waals surface area contributed by atoms with Crippen molar-refractivity contribution in [3.8, 4) is 0 Å². The molecule has 108 valence electrons. The number of carboxylic acid groups (broad SMARTS) is 1. The van der Waals surface area contributed by atoms with E-state index in [0.29, 0.717) is 0 Å². The fraction of sp³-hybridized carbons (Fsp3) is 0.769. The van der Waals surface area contributed by atoms with Gasteiger partial charge in [0.05, 0.1) is 17.8 Å². The highest BCUT2D eigenvalue weighted by atomic mass is 16.4. The van der Waals surface area contributed by atoms with Crippen molar-refractivity contribution in [3.63, 3.8) is 0 Å². The molecule has 0 heterocycles. The molecular weight excluding hydrogens is 248 g/mol. The summed E-state index contributed by atoms with van der Waals surface area (Å²) >= 11 is 0. The molecule has 0 spiro atoms. The number of carbonyl (C=O) groups excluding carboxylic acids is 2. The van der Waals surface area contributed by atoms with Gasteiger partial charge in [-0.15, -0.1) is 0 Å². The van der Waals surface area contributed by atoms with Crippen LogP contribution in [0.25, 0.3) is 0 Å². The molecule has 0 bridgehead atoms. The zero-order valence-electron chi connectivity index (χ0n) is 12.1. The van der Waals surface area contributed by atoms with Gasteiger partial charge < -0.3 is 15.3 Å². The van der Waals surface area contributed by atoms with E-state index in [-0.39, 0.29) is 24.3 Å². The highest BCUT2D eigenvalue weighted by Crippen LogP contribution is 2.58. The molecule has 2 amide bonds. The minimum atomic E-state index is -0.934. The summed E-state index contributed by atoms with van der Waals surface area (Å²) in [4.78, 5) is 36.1. The number of carbonyl (C=O) groups is 3. The smallest absolute Gasteiger partial charge is 0.307 e.